The van der Waals surface area contributed by atoms with Crippen molar-refractivity contribution in [1.29, 1.82) is 0 Å². The summed E-state index contributed by atoms with van der Waals surface area (Å²) in [6.45, 7) is 1.98. The van der Waals surface area contributed by atoms with E-state index in [1.165, 1.54) is 0 Å². The quantitative estimate of drug-likeness (QED) is 0.182. The van der Waals surface area contributed by atoms with Crippen molar-refractivity contribution in [1.82, 2.24) is 24.5 Å². The van der Waals surface area contributed by atoms with Gasteiger partial charge in [0.25, 0.3) is 0 Å². The van der Waals surface area contributed by atoms with Gasteiger partial charge in [-0.1, -0.05) is 36.4 Å². The molecule has 4 heterocycles. The van der Waals surface area contributed by atoms with Crippen LogP contribution in [0.25, 0.3) is 50.3 Å². The van der Waals surface area contributed by atoms with E-state index in [-0.39, 0.29) is 0 Å². The highest BCUT2D eigenvalue weighted by atomic mass is 16.5. The number of nitrogens with zero attached hydrogens (tertiary/aromatic N) is 5. The van der Waals surface area contributed by atoms with E-state index in [0.717, 1.165) is 61.4 Å². The van der Waals surface area contributed by atoms with Crippen LogP contribution in [-0.2, 0) is 0 Å². The molecular weight excluding hydrogens is 570 g/mol. The Morgan fingerprint density at radius 1 is 0.478 bits per heavy atom. The van der Waals surface area contributed by atoms with Crippen LogP contribution in [0, 0.1) is 6.92 Å². The molecule has 0 aliphatic carbocycles. The molecule has 220 valence electrons. The van der Waals surface area contributed by atoms with Crippen LogP contribution in [0.4, 0.5) is 0 Å². The molecule has 0 N–H and O–H groups in total. The van der Waals surface area contributed by atoms with Gasteiger partial charge in [0.15, 0.2) is 0 Å². The number of benzene rings is 4. The summed E-state index contributed by atoms with van der Waals surface area (Å²) in [5.41, 5.74) is 6.58. The molecule has 0 saturated heterocycles. The van der Waals surface area contributed by atoms with Gasteiger partial charge in [-0.15, -0.1) is 0 Å². The third-order valence-electron chi connectivity index (χ3n) is 7.74. The molecular formula is C39H27N5O2. The molecule has 4 aromatic carbocycles. The third-order valence-corrected chi connectivity index (χ3v) is 7.74. The lowest BCUT2D eigenvalue weighted by atomic mass is 10.1. The molecule has 8 rings (SSSR count). The van der Waals surface area contributed by atoms with Crippen LogP contribution in [0.15, 0.2) is 146 Å². The Morgan fingerprint density at radius 2 is 0.978 bits per heavy atom. The number of pyridine rings is 2. The van der Waals surface area contributed by atoms with Gasteiger partial charge in [0, 0.05) is 58.8 Å². The number of fused-ring (bicyclic) bond motifs is 3. The van der Waals surface area contributed by atoms with Crippen LogP contribution in [0.2, 0.25) is 0 Å². The highest BCUT2D eigenvalue weighted by Gasteiger charge is 2.17. The van der Waals surface area contributed by atoms with Gasteiger partial charge in [-0.2, -0.15) is 0 Å². The Hall–Kier alpha value is -6.34. The number of hydrogen-bond donors (Lipinski definition) is 0. The van der Waals surface area contributed by atoms with Crippen LogP contribution < -0.4 is 9.47 Å². The number of aromatic nitrogens is 5. The van der Waals surface area contributed by atoms with Gasteiger partial charge < -0.3 is 9.47 Å². The van der Waals surface area contributed by atoms with Gasteiger partial charge >= 0.3 is 0 Å². The van der Waals surface area contributed by atoms with E-state index in [9.17, 15) is 0 Å². The lowest BCUT2D eigenvalue weighted by Gasteiger charge is -2.10. The summed E-state index contributed by atoms with van der Waals surface area (Å²) >= 11 is 0. The second kappa shape index (κ2) is 11.6. The lowest BCUT2D eigenvalue weighted by molar-refractivity contribution is 0.483. The van der Waals surface area contributed by atoms with Crippen molar-refractivity contribution in [2.24, 2.45) is 0 Å². The minimum Gasteiger partial charge on any atom is -0.457 e. The van der Waals surface area contributed by atoms with E-state index >= 15 is 0 Å². The number of rotatable bonds is 7. The molecule has 0 aliphatic rings. The van der Waals surface area contributed by atoms with Crippen LogP contribution in [-0.4, -0.2) is 24.5 Å². The van der Waals surface area contributed by atoms with Crippen molar-refractivity contribution in [3.63, 3.8) is 0 Å². The van der Waals surface area contributed by atoms with E-state index in [1.807, 2.05) is 129 Å². The molecule has 0 aliphatic heterocycles. The Balaban J connectivity index is 1.20. The van der Waals surface area contributed by atoms with Crippen LogP contribution in [0.3, 0.4) is 0 Å². The summed E-state index contributed by atoms with van der Waals surface area (Å²) in [4.78, 5) is 18.3. The Labute approximate surface area is 265 Å². The van der Waals surface area contributed by atoms with Crippen molar-refractivity contribution in [2.75, 3.05) is 0 Å². The second-order valence-corrected chi connectivity index (χ2v) is 10.9. The molecule has 0 bridgehead atoms. The van der Waals surface area contributed by atoms with Crippen molar-refractivity contribution in [2.45, 2.75) is 6.92 Å². The van der Waals surface area contributed by atoms with Gasteiger partial charge in [-0.05, 0) is 85.3 Å². The Bertz CT molecular complexity index is 2180. The zero-order valence-corrected chi connectivity index (χ0v) is 24.9. The molecule has 46 heavy (non-hydrogen) atoms. The molecule has 0 atom stereocenters. The van der Waals surface area contributed by atoms with Gasteiger partial charge in [-0.3, -0.25) is 14.5 Å². The SMILES string of the molecule is Cc1cnc(-n2c3cc(Oc4cccc(-c5ccccn5)c4)ccc3c3ccc(Oc4cccc(-c5ccccn5)c4)cc32)nc1. The van der Waals surface area contributed by atoms with E-state index in [4.69, 9.17) is 19.4 Å². The fourth-order valence-electron chi connectivity index (χ4n) is 5.60. The smallest absolute Gasteiger partial charge is 0.234 e. The first-order chi connectivity index (χ1) is 22.7. The summed E-state index contributed by atoms with van der Waals surface area (Å²) < 4.78 is 14.8. The number of aryl methyl sites for hydroxylation is 1. The molecule has 0 saturated carbocycles. The molecule has 0 fully saturated rings. The summed E-state index contributed by atoms with van der Waals surface area (Å²) in [6.07, 6.45) is 7.23. The topological polar surface area (TPSA) is 75.0 Å². The van der Waals surface area contributed by atoms with Crippen molar-refractivity contribution in [3.05, 3.63) is 152 Å². The van der Waals surface area contributed by atoms with Crippen LogP contribution >= 0.6 is 0 Å². The first-order valence-electron chi connectivity index (χ1n) is 14.9. The molecule has 0 unspecified atom stereocenters. The highest BCUT2D eigenvalue weighted by molar-refractivity contribution is 6.09. The zero-order chi connectivity index (χ0) is 30.9. The van der Waals surface area contributed by atoms with Gasteiger partial charge in [0.2, 0.25) is 5.95 Å². The van der Waals surface area contributed by atoms with Crippen LogP contribution in [0.5, 0.6) is 23.0 Å². The first kappa shape index (κ1) is 27.2. The summed E-state index contributed by atoms with van der Waals surface area (Å²) in [5.74, 6) is 3.41. The van der Waals surface area contributed by atoms with Gasteiger partial charge in [-0.25, -0.2) is 9.97 Å². The largest absolute Gasteiger partial charge is 0.457 e. The summed E-state index contributed by atoms with van der Waals surface area (Å²) in [6, 6.07) is 39.8. The average molecular weight is 598 g/mol. The maximum Gasteiger partial charge on any atom is 0.234 e. The van der Waals surface area contributed by atoms with Crippen molar-refractivity contribution >= 4 is 21.8 Å². The second-order valence-electron chi connectivity index (χ2n) is 10.9. The van der Waals surface area contributed by atoms with E-state index in [0.29, 0.717) is 17.4 Å². The maximum atomic E-state index is 6.39. The molecule has 7 nitrogen and oxygen atoms in total. The zero-order valence-electron chi connectivity index (χ0n) is 24.9. The van der Waals surface area contributed by atoms with E-state index in [2.05, 4.69) is 26.7 Å². The molecule has 7 heteroatoms. The number of hydrogen-bond acceptors (Lipinski definition) is 6. The van der Waals surface area contributed by atoms with Crippen molar-refractivity contribution in [3.8, 4) is 51.5 Å². The van der Waals surface area contributed by atoms with Crippen molar-refractivity contribution < 1.29 is 9.47 Å². The predicted octanol–water partition coefficient (Wildman–Crippen LogP) is 9.59. The van der Waals surface area contributed by atoms with E-state index in [1.54, 1.807) is 12.4 Å². The molecule has 0 radical (unpaired) electrons. The molecule has 0 amide bonds. The third kappa shape index (κ3) is 5.31. The maximum absolute atomic E-state index is 6.39. The minimum absolute atomic E-state index is 0.564. The number of ether oxygens (including phenoxy) is 2. The van der Waals surface area contributed by atoms with E-state index < -0.39 is 0 Å². The van der Waals surface area contributed by atoms with Gasteiger partial charge in [0.1, 0.15) is 23.0 Å². The Morgan fingerprint density at radius 3 is 1.46 bits per heavy atom. The predicted molar refractivity (Wildman–Crippen MR) is 181 cm³/mol. The molecule has 4 aromatic heterocycles. The standard InChI is InChI=1S/C39H27N5O2/c1-26-24-42-39(43-25-26)44-37-22-31(45-29-10-6-8-27(20-29)35-12-2-4-18-40-35)14-16-33(37)34-17-15-32(23-38(34)44)46-30-11-7-9-28(21-30)36-13-3-5-19-41-36/h2-25H,1H3. The minimum atomic E-state index is 0.564. The summed E-state index contributed by atoms with van der Waals surface area (Å²) in [7, 11) is 0. The fraction of sp³-hybridized carbons (Fsp3) is 0.0256. The monoisotopic (exact) mass is 597 g/mol. The Kier molecular flexibility index (Phi) is 6.88. The fourth-order valence-corrected chi connectivity index (χ4v) is 5.60. The first-order valence-corrected chi connectivity index (χ1v) is 14.9. The normalized spacial score (nSPS) is 11.2. The highest BCUT2D eigenvalue weighted by Crippen LogP contribution is 2.37. The molecule has 0 spiro atoms. The van der Waals surface area contributed by atoms with Gasteiger partial charge in [0.05, 0.1) is 22.4 Å². The van der Waals surface area contributed by atoms with Crippen LogP contribution in [0.1, 0.15) is 5.56 Å². The molecule has 8 aromatic rings. The lowest BCUT2D eigenvalue weighted by Crippen LogP contribution is -2.01. The summed E-state index contributed by atoms with van der Waals surface area (Å²) in [5, 5.41) is 2.11. The average Bonchev–Trinajstić information content (AvgIpc) is 3.42.